The lowest BCUT2D eigenvalue weighted by atomic mass is 10.2. The van der Waals surface area contributed by atoms with Crippen molar-refractivity contribution in [2.45, 2.75) is 25.8 Å². The van der Waals surface area contributed by atoms with Gasteiger partial charge < -0.3 is 20.6 Å². The molecular weight excluding hydrogens is 354 g/mol. The number of nitrogens with one attached hydrogen (secondary N) is 1. The maximum atomic E-state index is 11.8. The average molecular weight is 373 g/mol. The molecule has 0 bridgehead atoms. The largest absolute Gasteiger partial charge is 0.496 e. The van der Waals surface area contributed by atoms with E-state index >= 15 is 0 Å². The van der Waals surface area contributed by atoms with Crippen LogP contribution in [0.2, 0.25) is 0 Å². The van der Waals surface area contributed by atoms with Gasteiger partial charge in [-0.3, -0.25) is 4.79 Å². The summed E-state index contributed by atoms with van der Waals surface area (Å²) in [6.45, 7) is 0.532. The number of nitrogens with two attached hydrogens (primary N) is 1. The van der Waals surface area contributed by atoms with E-state index < -0.39 is 5.97 Å². The summed E-state index contributed by atoms with van der Waals surface area (Å²) < 4.78 is 5.06. The fraction of sp³-hybridized carbons (Fsp3) is 0.278. The number of hydrogen-bond donors (Lipinski definition) is 3. The molecule has 2 heterocycles. The Hall–Kier alpha value is -2.71. The van der Waals surface area contributed by atoms with Crippen molar-refractivity contribution in [1.29, 1.82) is 0 Å². The lowest BCUT2D eigenvalue weighted by Crippen LogP contribution is -2.15. The van der Waals surface area contributed by atoms with Gasteiger partial charge >= 0.3 is 5.97 Å². The van der Waals surface area contributed by atoms with Crippen molar-refractivity contribution < 1.29 is 14.6 Å². The van der Waals surface area contributed by atoms with Gasteiger partial charge in [-0.1, -0.05) is 18.2 Å². The second-order valence-electron chi connectivity index (χ2n) is 5.77. The molecule has 1 aliphatic carbocycles. The number of methoxy groups -OCH3 is 1. The summed E-state index contributed by atoms with van der Waals surface area (Å²) in [7, 11) is 1.65. The minimum Gasteiger partial charge on any atom is -0.496 e. The molecule has 0 fully saturated rings. The maximum absolute atomic E-state index is 11.8. The smallest absolute Gasteiger partial charge is 0.372 e. The molecule has 0 unspecified atom stereocenters. The van der Waals surface area contributed by atoms with E-state index in [2.05, 4.69) is 9.97 Å². The van der Waals surface area contributed by atoms with Crippen LogP contribution < -0.4 is 16.0 Å². The Bertz CT molecular complexity index is 986. The number of thiophene rings is 1. The summed E-state index contributed by atoms with van der Waals surface area (Å²) in [4.78, 5) is 30.5. The number of carboxylic acids is 1. The summed E-state index contributed by atoms with van der Waals surface area (Å²) in [5.41, 5.74) is 7.22. The molecule has 3 aromatic rings. The molecule has 0 saturated heterocycles. The van der Waals surface area contributed by atoms with E-state index in [0.29, 0.717) is 16.8 Å². The highest BCUT2D eigenvalue weighted by Crippen LogP contribution is 2.34. The quantitative estimate of drug-likeness (QED) is 0.648. The van der Waals surface area contributed by atoms with Crippen LogP contribution in [0.5, 0.6) is 5.75 Å². The normalized spacial score (nSPS) is 12.4. The van der Waals surface area contributed by atoms with E-state index in [-0.39, 0.29) is 11.4 Å². The Kier molecular flexibility index (Phi) is 5.34. The number of fused-ring (bicyclic) bond motifs is 3. The Balaban J connectivity index is 0.000000170. The number of nitrogens with zero attached hydrogens (tertiary/aromatic N) is 1. The van der Waals surface area contributed by atoms with Gasteiger partial charge in [-0.25, -0.2) is 9.78 Å². The first kappa shape index (κ1) is 18.1. The summed E-state index contributed by atoms with van der Waals surface area (Å²) in [5, 5.41) is 9.37. The number of benzene rings is 1. The number of aromatic carboxylic acids is 1. The monoisotopic (exact) mass is 373 g/mol. The minimum absolute atomic E-state index is 0.280. The lowest BCUT2D eigenvalue weighted by Gasteiger charge is -2.03. The van der Waals surface area contributed by atoms with Crippen molar-refractivity contribution in [3.05, 3.63) is 56.4 Å². The highest BCUT2D eigenvalue weighted by Gasteiger charge is 2.22. The van der Waals surface area contributed by atoms with Crippen LogP contribution in [-0.4, -0.2) is 28.2 Å². The topological polar surface area (TPSA) is 118 Å². The van der Waals surface area contributed by atoms with Crippen molar-refractivity contribution in [1.82, 2.24) is 9.97 Å². The molecule has 1 aliphatic rings. The number of aryl methyl sites for hydroxylation is 2. The predicted molar refractivity (Wildman–Crippen MR) is 100 cm³/mol. The predicted octanol–water partition coefficient (Wildman–Crippen LogP) is 2.33. The number of ether oxygens (including phenoxy) is 1. The number of aromatic amines is 1. The first-order chi connectivity index (χ1) is 12.5. The summed E-state index contributed by atoms with van der Waals surface area (Å²) >= 11 is 1.44. The van der Waals surface area contributed by atoms with Gasteiger partial charge in [0.25, 0.3) is 5.56 Å². The van der Waals surface area contributed by atoms with Gasteiger partial charge in [0.1, 0.15) is 10.6 Å². The van der Waals surface area contributed by atoms with Crippen LogP contribution in [0.15, 0.2) is 29.1 Å². The van der Waals surface area contributed by atoms with Gasteiger partial charge in [0.2, 0.25) is 5.82 Å². The molecule has 7 nitrogen and oxygen atoms in total. The molecule has 4 rings (SSSR count). The lowest BCUT2D eigenvalue weighted by molar-refractivity contribution is 0.0683. The van der Waals surface area contributed by atoms with E-state index in [1.165, 1.54) is 16.2 Å². The third-order valence-corrected chi connectivity index (χ3v) is 5.38. The summed E-state index contributed by atoms with van der Waals surface area (Å²) in [5.74, 6) is -0.616. The van der Waals surface area contributed by atoms with Crippen LogP contribution >= 0.6 is 11.3 Å². The highest BCUT2D eigenvalue weighted by molar-refractivity contribution is 7.18. The molecule has 2 aromatic heterocycles. The molecule has 0 saturated carbocycles. The van der Waals surface area contributed by atoms with E-state index in [9.17, 15) is 9.59 Å². The van der Waals surface area contributed by atoms with E-state index in [4.69, 9.17) is 15.6 Å². The molecule has 0 spiro atoms. The zero-order valence-corrected chi connectivity index (χ0v) is 15.1. The molecule has 8 heteroatoms. The molecule has 136 valence electrons. The Morgan fingerprint density at radius 3 is 2.81 bits per heavy atom. The Morgan fingerprint density at radius 2 is 2.15 bits per heavy atom. The van der Waals surface area contributed by atoms with E-state index in [0.717, 1.165) is 36.1 Å². The minimum atomic E-state index is -1.20. The van der Waals surface area contributed by atoms with Crippen molar-refractivity contribution >= 4 is 27.5 Å². The molecule has 0 amide bonds. The van der Waals surface area contributed by atoms with Crippen LogP contribution in [0, 0.1) is 0 Å². The first-order valence-corrected chi connectivity index (χ1v) is 8.96. The number of hydrogen-bond acceptors (Lipinski definition) is 6. The molecule has 1 aromatic carbocycles. The number of carboxylic acid groups (broad SMARTS) is 1. The number of rotatable bonds is 3. The van der Waals surface area contributed by atoms with Crippen LogP contribution in [0.4, 0.5) is 0 Å². The molecule has 0 aliphatic heterocycles. The molecular formula is C18H19N3O4S. The summed E-state index contributed by atoms with van der Waals surface area (Å²) in [6, 6.07) is 7.74. The molecule has 26 heavy (non-hydrogen) atoms. The van der Waals surface area contributed by atoms with Crippen molar-refractivity contribution in [2.24, 2.45) is 5.73 Å². The number of H-pyrrole nitrogens is 1. The van der Waals surface area contributed by atoms with Gasteiger partial charge in [-0.15, -0.1) is 11.3 Å². The van der Waals surface area contributed by atoms with Gasteiger partial charge in [-0.2, -0.15) is 0 Å². The fourth-order valence-electron chi connectivity index (χ4n) is 2.98. The zero-order chi connectivity index (χ0) is 18.7. The average Bonchev–Trinajstić information content (AvgIpc) is 3.22. The number of aromatic nitrogens is 2. The highest BCUT2D eigenvalue weighted by atomic mass is 32.1. The van der Waals surface area contributed by atoms with Gasteiger partial charge in [-0.05, 0) is 30.9 Å². The molecule has 0 radical (unpaired) electrons. The van der Waals surface area contributed by atoms with Crippen LogP contribution in [0.1, 0.15) is 33.0 Å². The van der Waals surface area contributed by atoms with Gasteiger partial charge in [0, 0.05) is 17.0 Å². The first-order valence-electron chi connectivity index (χ1n) is 8.15. The Morgan fingerprint density at radius 1 is 1.38 bits per heavy atom. The van der Waals surface area contributed by atoms with Crippen molar-refractivity contribution in [2.75, 3.05) is 7.11 Å². The molecule has 0 atom stereocenters. The van der Waals surface area contributed by atoms with Crippen LogP contribution in [0.3, 0.4) is 0 Å². The third-order valence-electron chi connectivity index (χ3n) is 4.19. The fourth-order valence-corrected chi connectivity index (χ4v) is 4.24. The maximum Gasteiger partial charge on any atom is 0.372 e. The van der Waals surface area contributed by atoms with Gasteiger partial charge in [0.05, 0.1) is 12.5 Å². The zero-order valence-electron chi connectivity index (χ0n) is 14.2. The van der Waals surface area contributed by atoms with Crippen molar-refractivity contribution in [3.8, 4) is 5.75 Å². The van der Waals surface area contributed by atoms with Gasteiger partial charge in [0.15, 0.2) is 0 Å². The number of carbonyl (C=O) groups is 1. The standard InChI is InChI=1S/C10H8N2O3S.C8H11NO/c13-8-6-4-2-1-3-5(4)16-9(6)12-7(11-8)10(14)15;1-10-8-5-3-2-4-7(8)6-9/h1-3H2,(H,14,15)(H,11,12,13);2-5H,6,9H2,1H3. The van der Waals surface area contributed by atoms with Crippen LogP contribution in [-0.2, 0) is 19.4 Å². The van der Waals surface area contributed by atoms with E-state index in [1.54, 1.807) is 7.11 Å². The Labute approximate surface area is 153 Å². The van der Waals surface area contributed by atoms with Crippen LogP contribution in [0.25, 0.3) is 10.2 Å². The second-order valence-corrected chi connectivity index (χ2v) is 6.86. The SMILES string of the molecule is COc1ccccc1CN.O=C(O)c1nc2sc3c(c2c(=O)[nH]1)CCC3. The second kappa shape index (κ2) is 7.67. The summed E-state index contributed by atoms with van der Waals surface area (Å²) in [6.07, 6.45) is 2.93. The third kappa shape index (κ3) is 3.47. The van der Waals surface area contributed by atoms with Crippen molar-refractivity contribution in [3.63, 3.8) is 0 Å². The number of para-hydroxylation sites is 1. The van der Waals surface area contributed by atoms with E-state index in [1.807, 2.05) is 24.3 Å². The molecule has 4 N–H and O–H groups in total.